The Kier molecular flexibility index (Phi) is 3.03. The van der Waals surface area contributed by atoms with Gasteiger partial charge in [0.05, 0.1) is 5.56 Å². The molecule has 7 heteroatoms. The van der Waals surface area contributed by atoms with Crippen LogP contribution in [0, 0.1) is 0 Å². The number of aromatic amines is 1. The summed E-state index contributed by atoms with van der Waals surface area (Å²) in [5, 5.41) is 12.9. The Labute approximate surface area is 112 Å². The molecule has 0 fully saturated rings. The van der Waals surface area contributed by atoms with Gasteiger partial charge in [0.15, 0.2) is 5.82 Å². The molecule has 3 rings (SSSR count). The number of aromatic nitrogens is 4. The molecule has 19 heavy (non-hydrogen) atoms. The molecule has 0 aliphatic rings. The van der Waals surface area contributed by atoms with Gasteiger partial charge in [0.2, 0.25) is 5.95 Å². The van der Waals surface area contributed by atoms with Crippen molar-refractivity contribution < 1.29 is 4.79 Å². The predicted octanol–water partition coefficient (Wildman–Crippen LogP) is 2.18. The van der Waals surface area contributed by atoms with Gasteiger partial charge in [0.1, 0.15) is 5.69 Å². The SMILES string of the molecule is O=C(Nc1n[nH]c(-c2ccccn2)n1)c1ccsc1. The van der Waals surface area contributed by atoms with E-state index in [4.69, 9.17) is 0 Å². The van der Waals surface area contributed by atoms with Gasteiger partial charge in [-0.25, -0.2) is 0 Å². The molecule has 3 aromatic heterocycles. The Morgan fingerprint density at radius 1 is 1.32 bits per heavy atom. The first kappa shape index (κ1) is 11.5. The minimum Gasteiger partial charge on any atom is -0.289 e. The van der Waals surface area contributed by atoms with Crippen LogP contribution in [0.5, 0.6) is 0 Å². The van der Waals surface area contributed by atoms with Crippen LogP contribution in [0.15, 0.2) is 41.2 Å². The summed E-state index contributed by atoms with van der Waals surface area (Å²) in [6.45, 7) is 0. The Bertz CT molecular complexity index is 677. The number of amides is 1. The van der Waals surface area contributed by atoms with Gasteiger partial charge in [-0.15, -0.1) is 5.10 Å². The summed E-state index contributed by atoms with van der Waals surface area (Å²) in [5.41, 5.74) is 1.26. The van der Waals surface area contributed by atoms with E-state index in [0.29, 0.717) is 17.1 Å². The highest BCUT2D eigenvalue weighted by Crippen LogP contribution is 2.13. The molecule has 1 amide bonds. The van der Waals surface area contributed by atoms with Crippen molar-refractivity contribution in [2.24, 2.45) is 0 Å². The van der Waals surface area contributed by atoms with Crippen molar-refractivity contribution >= 4 is 23.2 Å². The van der Waals surface area contributed by atoms with Crippen LogP contribution in [0.2, 0.25) is 0 Å². The van der Waals surface area contributed by atoms with Crippen molar-refractivity contribution in [2.45, 2.75) is 0 Å². The van der Waals surface area contributed by atoms with Crippen molar-refractivity contribution in [1.82, 2.24) is 20.2 Å². The summed E-state index contributed by atoms with van der Waals surface area (Å²) >= 11 is 1.46. The molecular weight excluding hydrogens is 262 g/mol. The number of rotatable bonds is 3. The van der Waals surface area contributed by atoms with Gasteiger partial charge in [-0.05, 0) is 23.6 Å². The smallest absolute Gasteiger partial charge is 0.258 e. The van der Waals surface area contributed by atoms with Crippen LogP contribution < -0.4 is 5.32 Å². The quantitative estimate of drug-likeness (QED) is 0.764. The van der Waals surface area contributed by atoms with E-state index in [1.54, 1.807) is 17.6 Å². The second-order valence-corrected chi connectivity index (χ2v) is 4.47. The van der Waals surface area contributed by atoms with Crippen LogP contribution in [0.1, 0.15) is 10.4 Å². The first-order chi connectivity index (χ1) is 9.33. The van der Waals surface area contributed by atoms with E-state index in [-0.39, 0.29) is 11.9 Å². The maximum absolute atomic E-state index is 11.8. The molecule has 6 nitrogen and oxygen atoms in total. The second-order valence-electron chi connectivity index (χ2n) is 3.69. The number of H-pyrrole nitrogens is 1. The lowest BCUT2D eigenvalue weighted by atomic mass is 10.3. The summed E-state index contributed by atoms with van der Waals surface area (Å²) in [7, 11) is 0. The van der Waals surface area contributed by atoms with Crippen LogP contribution >= 0.6 is 11.3 Å². The monoisotopic (exact) mass is 271 g/mol. The van der Waals surface area contributed by atoms with E-state index in [0.717, 1.165) is 0 Å². The first-order valence-electron chi connectivity index (χ1n) is 5.50. The van der Waals surface area contributed by atoms with Gasteiger partial charge in [-0.2, -0.15) is 16.3 Å². The Morgan fingerprint density at radius 3 is 3.00 bits per heavy atom. The lowest BCUT2D eigenvalue weighted by Crippen LogP contribution is -2.11. The van der Waals surface area contributed by atoms with Gasteiger partial charge < -0.3 is 0 Å². The molecule has 0 aliphatic carbocycles. The molecule has 0 saturated carbocycles. The highest BCUT2D eigenvalue weighted by molar-refractivity contribution is 7.08. The van der Waals surface area contributed by atoms with E-state index < -0.39 is 0 Å². The fraction of sp³-hybridized carbons (Fsp3) is 0. The van der Waals surface area contributed by atoms with Crippen LogP contribution in [-0.4, -0.2) is 26.1 Å². The molecule has 3 aromatic rings. The van der Waals surface area contributed by atoms with E-state index in [1.165, 1.54) is 11.3 Å². The molecule has 0 spiro atoms. The summed E-state index contributed by atoms with van der Waals surface area (Å²) in [4.78, 5) is 20.1. The van der Waals surface area contributed by atoms with E-state index in [9.17, 15) is 4.79 Å². The zero-order valence-corrected chi connectivity index (χ0v) is 10.5. The van der Waals surface area contributed by atoms with Crippen LogP contribution in [0.25, 0.3) is 11.5 Å². The molecule has 94 valence electrons. The van der Waals surface area contributed by atoms with Gasteiger partial charge in [0.25, 0.3) is 5.91 Å². The minimum absolute atomic E-state index is 0.229. The Hall–Kier alpha value is -2.54. The van der Waals surface area contributed by atoms with Crippen molar-refractivity contribution in [3.05, 3.63) is 46.8 Å². The van der Waals surface area contributed by atoms with Gasteiger partial charge in [-0.1, -0.05) is 6.07 Å². The number of hydrogen-bond acceptors (Lipinski definition) is 5. The summed E-state index contributed by atoms with van der Waals surface area (Å²) in [6, 6.07) is 7.23. The normalized spacial score (nSPS) is 10.3. The predicted molar refractivity (Wildman–Crippen MR) is 71.9 cm³/mol. The number of pyridine rings is 1. The topological polar surface area (TPSA) is 83.6 Å². The van der Waals surface area contributed by atoms with Crippen molar-refractivity contribution in [3.63, 3.8) is 0 Å². The number of thiophene rings is 1. The summed E-state index contributed by atoms with van der Waals surface area (Å²) < 4.78 is 0. The highest BCUT2D eigenvalue weighted by Gasteiger charge is 2.11. The number of nitrogens with zero attached hydrogens (tertiary/aromatic N) is 3. The van der Waals surface area contributed by atoms with Crippen molar-refractivity contribution in [3.8, 4) is 11.5 Å². The molecule has 2 N–H and O–H groups in total. The number of nitrogens with one attached hydrogen (secondary N) is 2. The van der Waals surface area contributed by atoms with E-state index >= 15 is 0 Å². The fourth-order valence-corrected chi connectivity index (χ4v) is 2.14. The largest absolute Gasteiger partial charge is 0.289 e. The van der Waals surface area contributed by atoms with Gasteiger partial charge in [-0.3, -0.25) is 20.2 Å². The fourth-order valence-electron chi connectivity index (χ4n) is 1.50. The molecule has 0 atom stereocenters. The standard InChI is InChI=1S/C12H9N5OS/c18-11(8-4-6-19-7-8)15-12-14-10(16-17-12)9-3-1-2-5-13-9/h1-7H,(H2,14,15,16,17,18). The third kappa shape index (κ3) is 2.50. The maximum Gasteiger partial charge on any atom is 0.258 e. The van der Waals surface area contributed by atoms with Gasteiger partial charge >= 0.3 is 0 Å². The molecule has 0 aromatic carbocycles. The number of anilines is 1. The highest BCUT2D eigenvalue weighted by atomic mass is 32.1. The Morgan fingerprint density at radius 2 is 2.26 bits per heavy atom. The third-order valence-corrected chi connectivity index (χ3v) is 3.08. The molecule has 0 unspecified atom stereocenters. The molecule has 3 heterocycles. The molecule has 0 radical (unpaired) electrons. The number of carbonyl (C=O) groups is 1. The average molecular weight is 271 g/mol. The Balaban J connectivity index is 1.77. The molecule has 0 saturated heterocycles. The molecule has 0 bridgehead atoms. The summed E-state index contributed by atoms with van der Waals surface area (Å²) in [5.74, 6) is 0.519. The van der Waals surface area contributed by atoms with Crippen molar-refractivity contribution in [2.75, 3.05) is 5.32 Å². The van der Waals surface area contributed by atoms with Crippen LogP contribution in [0.3, 0.4) is 0 Å². The minimum atomic E-state index is -0.229. The molecule has 0 aliphatic heterocycles. The van der Waals surface area contributed by atoms with Crippen LogP contribution in [0.4, 0.5) is 5.95 Å². The maximum atomic E-state index is 11.8. The lowest BCUT2D eigenvalue weighted by Gasteiger charge is -1.96. The van der Waals surface area contributed by atoms with Crippen LogP contribution in [-0.2, 0) is 0 Å². The van der Waals surface area contributed by atoms with E-state index in [1.807, 2.05) is 23.6 Å². The summed E-state index contributed by atoms with van der Waals surface area (Å²) in [6.07, 6.45) is 1.67. The van der Waals surface area contributed by atoms with Crippen molar-refractivity contribution in [1.29, 1.82) is 0 Å². The zero-order valence-electron chi connectivity index (χ0n) is 9.70. The average Bonchev–Trinajstić information content (AvgIpc) is 3.11. The third-order valence-electron chi connectivity index (χ3n) is 2.40. The lowest BCUT2D eigenvalue weighted by molar-refractivity contribution is 0.102. The zero-order chi connectivity index (χ0) is 13.1. The first-order valence-corrected chi connectivity index (χ1v) is 6.44. The second kappa shape index (κ2) is 4.99. The van der Waals surface area contributed by atoms with Gasteiger partial charge in [0, 0.05) is 11.6 Å². The number of hydrogen-bond donors (Lipinski definition) is 2. The molecular formula is C12H9N5OS. The van der Waals surface area contributed by atoms with E-state index in [2.05, 4.69) is 25.5 Å². The number of carbonyl (C=O) groups excluding carboxylic acids is 1.